The van der Waals surface area contributed by atoms with Gasteiger partial charge in [-0.2, -0.15) is 0 Å². The van der Waals surface area contributed by atoms with Gasteiger partial charge in [0.25, 0.3) is 0 Å². The predicted molar refractivity (Wildman–Crippen MR) is 81.6 cm³/mol. The van der Waals surface area contributed by atoms with Crippen LogP contribution in [0.1, 0.15) is 50.8 Å². The Kier molecular flexibility index (Phi) is 8.15. The van der Waals surface area contributed by atoms with Gasteiger partial charge in [-0.1, -0.05) is 39.5 Å². The van der Waals surface area contributed by atoms with Crippen LogP contribution in [-0.2, 0) is 6.54 Å². The lowest BCUT2D eigenvalue weighted by atomic mass is 10.0. The molecular formula is C14H24BrNS. The Morgan fingerprint density at radius 2 is 2.00 bits per heavy atom. The molecule has 1 nitrogen and oxygen atoms in total. The van der Waals surface area contributed by atoms with E-state index in [0.717, 1.165) is 19.0 Å². The molecule has 1 heterocycles. The number of nitrogens with one attached hydrogen (secondary N) is 1. The summed E-state index contributed by atoms with van der Waals surface area (Å²) in [4.78, 5) is 1.41. The van der Waals surface area contributed by atoms with Crippen molar-refractivity contribution in [3.05, 3.63) is 20.8 Å². The summed E-state index contributed by atoms with van der Waals surface area (Å²) in [6.45, 7) is 6.78. The van der Waals surface area contributed by atoms with Crippen LogP contribution < -0.4 is 5.32 Å². The highest BCUT2D eigenvalue weighted by Gasteiger charge is 1.97. The molecule has 0 aliphatic rings. The van der Waals surface area contributed by atoms with Crippen LogP contribution in [0.25, 0.3) is 0 Å². The summed E-state index contributed by atoms with van der Waals surface area (Å²) in [6, 6.07) is 2.19. The van der Waals surface area contributed by atoms with Crippen LogP contribution in [0.5, 0.6) is 0 Å². The molecule has 0 aromatic carbocycles. The number of halogens is 1. The van der Waals surface area contributed by atoms with E-state index in [2.05, 4.69) is 46.5 Å². The molecule has 0 aliphatic carbocycles. The van der Waals surface area contributed by atoms with Crippen molar-refractivity contribution in [2.24, 2.45) is 5.92 Å². The average molecular weight is 318 g/mol. The number of hydrogen-bond donors (Lipinski definition) is 1. The molecule has 1 N–H and O–H groups in total. The minimum atomic E-state index is 0.866. The maximum atomic E-state index is 3.50. The average Bonchev–Trinajstić information content (AvgIpc) is 2.68. The van der Waals surface area contributed by atoms with E-state index in [0.29, 0.717) is 0 Å². The maximum Gasteiger partial charge on any atom is 0.0300 e. The van der Waals surface area contributed by atoms with E-state index >= 15 is 0 Å². The monoisotopic (exact) mass is 317 g/mol. The van der Waals surface area contributed by atoms with Crippen molar-refractivity contribution < 1.29 is 0 Å². The van der Waals surface area contributed by atoms with E-state index in [1.807, 2.05) is 11.3 Å². The molecule has 0 radical (unpaired) electrons. The molecule has 0 atom stereocenters. The molecule has 0 amide bonds. The molecule has 3 heteroatoms. The molecule has 0 bridgehead atoms. The zero-order chi connectivity index (χ0) is 12.5. The van der Waals surface area contributed by atoms with Gasteiger partial charge in [0, 0.05) is 21.3 Å². The van der Waals surface area contributed by atoms with Gasteiger partial charge in [-0.3, -0.25) is 0 Å². The third-order valence-corrected chi connectivity index (χ3v) is 4.50. The quantitative estimate of drug-likeness (QED) is 0.617. The normalized spacial score (nSPS) is 11.3. The summed E-state index contributed by atoms with van der Waals surface area (Å²) >= 11 is 5.29. The van der Waals surface area contributed by atoms with E-state index in [-0.39, 0.29) is 0 Å². The maximum absolute atomic E-state index is 3.50. The number of thiophene rings is 1. The van der Waals surface area contributed by atoms with E-state index in [1.165, 1.54) is 41.5 Å². The van der Waals surface area contributed by atoms with Crippen molar-refractivity contribution in [1.82, 2.24) is 5.32 Å². The molecule has 98 valence electrons. The molecule has 0 unspecified atom stereocenters. The van der Waals surface area contributed by atoms with Crippen LogP contribution in [-0.4, -0.2) is 6.54 Å². The molecule has 0 spiro atoms. The molecule has 0 fully saturated rings. The topological polar surface area (TPSA) is 12.0 Å². The number of unbranched alkanes of at least 4 members (excludes halogenated alkanes) is 3. The highest BCUT2D eigenvalue weighted by Crippen LogP contribution is 2.19. The van der Waals surface area contributed by atoms with Crippen LogP contribution in [0.2, 0.25) is 0 Å². The van der Waals surface area contributed by atoms with Crippen LogP contribution in [0.15, 0.2) is 15.9 Å². The molecule has 1 rings (SSSR count). The van der Waals surface area contributed by atoms with Gasteiger partial charge in [-0.25, -0.2) is 0 Å². The first-order valence-corrected chi connectivity index (χ1v) is 8.29. The SMILES string of the molecule is CC(C)CCCCCCNCc1cc(Br)cs1. The molecular weight excluding hydrogens is 294 g/mol. The van der Waals surface area contributed by atoms with E-state index in [9.17, 15) is 0 Å². The Bertz CT molecular complexity index is 296. The Balaban J connectivity index is 1.88. The molecule has 17 heavy (non-hydrogen) atoms. The van der Waals surface area contributed by atoms with Crippen LogP contribution >= 0.6 is 27.3 Å². The zero-order valence-corrected chi connectivity index (χ0v) is 13.4. The smallest absolute Gasteiger partial charge is 0.0300 e. The highest BCUT2D eigenvalue weighted by atomic mass is 79.9. The van der Waals surface area contributed by atoms with Gasteiger partial charge in [-0.15, -0.1) is 11.3 Å². The minimum Gasteiger partial charge on any atom is -0.312 e. The summed E-state index contributed by atoms with van der Waals surface area (Å²) in [7, 11) is 0. The Hall–Kier alpha value is 0.140. The van der Waals surface area contributed by atoms with Crippen LogP contribution in [0.4, 0.5) is 0 Å². The van der Waals surface area contributed by atoms with Crippen LogP contribution in [0.3, 0.4) is 0 Å². The lowest BCUT2D eigenvalue weighted by Crippen LogP contribution is -2.13. The number of hydrogen-bond acceptors (Lipinski definition) is 2. The first kappa shape index (κ1) is 15.2. The minimum absolute atomic E-state index is 0.866. The third kappa shape index (κ3) is 7.96. The first-order valence-electron chi connectivity index (χ1n) is 6.62. The van der Waals surface area contributed by atoms with Gasteiger partial charge in [0.05, 0.1) is 0 Å². The van der Waals surface area contributed by atoms with Gasteiger partial charge in [0.15, 0.2) is 0 Å². The second-order valence-electron chi connectivity index (χ2n) is 5.00. The second kappa shape index (κ2) is 9.12. The molecule has 1 aromatic heterocycles. The van der Waals surface area contributed by atoms with E-state index in [1.54, 1.807) is 0 Å². The number of rotatable bonds is 9. The van der Waals surface area contributed by atoms with Gasteiger partial charge in [-0.05, 0) is 40.9 Å². The molecule has 0 aliphatic heterocycles. The van der Waals surface area contributed by atoms with Gasteiger partial charge in [0.2, 0.25) is 0 Å². The Morgan fingerprint density at radius 1 is 1.24 bits per heavy atom. The van der Waals surface area contributed by atoms with Crippen molar-refractivity contribution in [3.63, 3.8) is 0 Å². The summed E-state index contributed by atoms with van der Waals surface area (Å²) in [5.41, 5.74) is 0. The summed E-state index contributed by atoms with van der Waals surface area (Å²) < 4.78 is 1.20. The first-order chi connectivity index (χ1) is 8.18. The Labute approximate surface area is 118 Å². The van der Waals surface area contributed by atoms with Crippen molar-refractivity contribution in [2.45, 2.75) is 52.5 Å². The standard InChI is InChI=1S/C14H24BrNS/c1-12(2)7-5-3-4-6-8-16-10-14-9-13(15)11-17-14/h9,11-12,16H,3-8,10H2,1-2H3. The fraction of sp³-hybridized carbons (Fsp3) is 0.714. The van der Waals surface area contributed by atoms with Crippen molar-refractivity contribution in [3.8, 4) is 0 Å². The van der Waals surface area contributed by atoms with E-state index < -0.39 is 0 Å². The van der Waals surface area contributed by atoms with Crippen molar-refractivity contribution in [1.29, 1.82) is 0 Å². The summed E-state index contributed by atoms with van der Waals surface area (Å²) in [6.07, 6.45) is 6.86. The second-order valence-corrected chi connectivity index (χ2v) is 6.92. The summed E-state index contributed by atoms with van der Waals surface area (Å²) in [5, 5.41) is 5.65. The van der Waals surface area contributed by atoms with E-state index in [4.69, 9.17) is 0 Å². The van der Waals surface area contributed by atoms with Crippen LogP contribution in [0, 0.1) is 5.92 Å². The lowest BCUT2D eigenvalue weighted by Gasteiger charge is -2.05. The highest BCUT2D eigenvalue weighted by molar-refractivity contribution is 9.10. The molecule has 1 aromatic rings. The largest absolute Gasteiger partial charge is 0.312 e. The molecule has 0 saturated heterocycles. The lowest BCUT2D eigenvalue weighted by molar-refractivity contribution is 0.512. The zero-order valence-electron chi connectivity index (χ0n) is 11.0. The fourth-order valence-electron chi connectivity index (χ4n) is 1.81. The fourth-order valence-corrected chi connectivity index (χ4v) is 3.23. The predicted octanol–water partition coefficient (Wildman–Crippen LogP) is 5.21. The summed E-state index contributed by atoms with van der Waals surface area (Å²) in [5.74, 6) is 0.866. The molecule has 0 saturated carbocycles. The van der Waals surface area contributed by atoms with Crippen molar-refractivity contribution in [2.75, 3.05) is 6.54 Å². The van der Waals surface area contributed by atoms with Gasteiger partial charge >= 0.3 is 0 Å². The van der Waals surface area contributed by atoms with Gasteiger partial charge < -0.3 is 5.32 Å². The Morgan fingerprint density at radius 3 is 2.65 bits per heavy atom. The van der Waals surface area contributed by atoms with Crippen molar-refractivity contribution >= 4 is 27.3 Å². The third-order valence-electron chi connectivity index (χ3n) is 2.81. The van der Waals surface area contributed by atoms with Gasteiger partial charge in [0.1, 0.15) is 0 Å².